The van der Waals surface area contributed by atoms with Crippen molar-refractivity contribution >= 4 is 11.0 Å². The molecular weight excluding hydrogens is 200 g/mol. The molecule has 1 aromatic heterocycles. The van der Waals surface area contributed by atoms with E-state index in [0.717, 1.165) is 22.3 Å². The van der Waals surface area contributed by atoms with Crippen LogP contribution in [0.2, 0.25) is 0 Å². The third kappa shape index (κ3) is 1.93. The maximum absolute atomic E-state index is 5.47. The summed E-state index contributed by atoms with van der Waals surface area (Å²) in [6.07, 6.45) is 1.72. The summed E-state index contributed by atoms with van der Waals surface area (Å²) in [7, 11) is 0. The molecule has 2 aromatic rings. The smallest absolute Gasteiger partial charge is 0.0891 e. The van der Waals surface area contributed by atoms with Crippen molar-refractivity contribution in [1.29, 1.82) is 0 Å². The van der Waals surface area contributed by atoms with Crippen LogP contribution < -0.4 is 11.3 Å². The molecule has 3 N–H and O–H groups in total. The molecule has 0 spiro atoms. The minimum absolute atomic E-state index is 0.155. The zero-order chi connectivity index (χ0) is 11.5. The van der Waals surface area contributed by atoms with E-state index in [2.05, 4.69) is 22.0 Å². The Hall–Kier alpha value is -1.78. The number of fused-ring (bicyclic) bond motifs is 1. The fourth-order valence-corrected chi connectivity index (χ4v) is 1.59. The second-order valence-corrected chi connectivity index (χ2v) is 3.73. The topological polar surface area (TPSA) is 63.8 Å². The molecule has 1 atom stereocenters. The van der Waals surface area contributed by atoms with Crippen LogP contribution in [0.5, 0.6) is 0 Å². The average Bonchev–Trinajstić information content (AvgIpc) is 2.29. The Morgan fingerprint density at radius 2 is 2.06 bits per heavy atom. The number of para-hydroxylation sites is 2. The van der Waals surface area contributed by atoms with Crippen molar-refractivity contribution < 1.29 is 0 Å². The van der Waals surface area contributed by atoms with Crippen molar-refractivity contribution in [2.24, 2.45) is 5.84 Å². The van der Waals surface area contributed by atoms with Gasteiger partial charge in [0.2, 0.25) is 0 Å². The van der Waals surface area contributed by atoms with Crippen LogP contribution in [0.3, 0.4) is 0 Å². The second kappa shape index (κ2) is 4.38. The monoisotopic (exact) mass is 214 g/mol. The van der Waals surface area contributed by atoms with Gasteiger partial charge in [0.05, 0.1) is 29.0 Å². The number of hydrogen-bond donors (Lipinski definition) is 2. The summed E-state index contributed by atoms with van der Waals surface area (Å²) in [4.78, 5) is 8.84. The largest absolute Gasteiger partial charge is 0.271 e. The molecule has 82 valence electrons. The molecule has 0 saturated heterocycles. The molecule has 1 aromatic carbocycles. The fourth-order valence-electron chi connectivity index (χ4n) is 1.59. The summed E-state index contributed by atoms with van der Waals surface area (Å²) in [5, 5.41) is 0. The maximum atomic E-state index is 5.47. The van der Waals surface area contributed by atoms with Gasteiger partial charge in [0.1, 0.15) is 0 Å². The first-order valence-corrected chi connectivity index (χ1v) is 5.05. The average molecular weight is 214 g/mol. The Balaban J connectivity index is 2.49. The highest BCUT2D eigenvalue weighted by Crippen LogP contribution is 2.18. The van der Waals surface area contributed by atoms with Crippen LogP contribution in [0.25, 0.3) is 11.0 Å². The third-order valence-corrected chi connectivity index (χ3v) is 2.42. The van der Waals surface area contributed by atoms with Gasteiger partial charge < -0.3 is 0 Å². The van der Waals surface area contributed by atoms with E-state index in [1.54, 1.807) is 6.20 Å². The highest BCUT2D eigenvalue weighted by atomic mass is 15.2. The van der Waals surface area contributed by atoms with E-state index in [9.17, 15) is 0 Å². The van der Waals surface area contributed by atoms with Crippen molar-refractivity contribution in [1.82, 2.24) is 15.4 Å². The van der Waals surface area contributed by atoms with Crippen LogP contribution in [0.1, 0.15) is 18.7 Å². The molecule has 0 radical (unpaired) electrons. The lowest BCUT2D eigenvalue weighted by Gasteiger charge is -2.14. The number of rotatable bonds is 3. The van der Waals surface area contributed by atoms with E-state index < -0.39 is 0 Å². The van der Waals surface area contributed by atoms with Gasteiger partial charge in [-0.05, 0) is 19.1 Å². The summed E-state index contributed by atoms with van der Waals surface area (Å²) in [6.45, 7) is 5.78. The van der Waals surface area contributed by atoms with Gasteiger partial charge in [-0.2, -0.15) is 0 Å². The molecule has 0 aliphatic heterocycles. The number of benzene rings is 1. The molecule has 1 unspecified atom stereocenters. The summed E-state index contributed by atoms with van der Waals surface area (Å²) >= 11 is 0. The zero-order valence-electron chi connectivity index (χ0n) is 9.14. The first-order valence-electron chi connectivity index (χ1n) is 5.05. The van der Waals surface area contributed by atoms with Gasteiger partial charge in [-0.25, -0.2) is 10.4 Å². The van der Waals surface area contributed by atoms with Crippen molar-refractivity contribution in [2.45, 2.75) is 13.0 Å². The summed E-state index contributed by atoms with van der Waals surface area (Å²) in [5.74, 6) is 5.47. The summed E-state index contributed by atoms with van der Waals surface area (Å²) < 4.78 is 0. The summed E-state index contributed by atoms with van der Waals surface area (Å²) in [5.41, 5.74) is 6.12. The maximum Gasteiger partial charge on any atom is 0.0891 e. The van der Waals surface area contributed by atoms with E-state index >= 15 is 0 Å². The molecule has 2 rings (SSSR count). The Labute approximate surface area is 94.2 Å². The number of aromatic nitrogens is 2. The molecule has 0 aliphatic carbocycles. The lowest BCUT2D eigenvalue weighted by molar-refractivity contribution is 0.611. The van der Waals surface area contributed by atoms with E-state index in [-0.39, 0.29) is 6.04 Å². The zero-order valence-corrected chi connectivity index (χ0v) is 9.14. The molecular formula is C12H14N4. The van der Waals surface area contributed by atoms with Crippen LogP contribution in [-0.4, -0.2) is 9.97 Å². The minimum atomic E-state index is -0.155. The predicted molar refractivity (Wildman–Crippen MR) is 64.4 cm³/mol. The van der Waals surface area contributed by atoms with E-state index in [4.69, 9.17) is 5.84 Å². The quantitative estimate of drug-likeness (QED) is 0.464. The standard InChI is InChI=1S/C12H14N4/c1-8(2)12(16-13)11-7-14-9-5-3-4-6-10(9)15-11/h3-7,12,16H,1,13H2,2H3. The van der Waals surface area contributed by atoms with Gasteiger partial charge in [-0.1, -0.05) is 24.3 Å². The van der Waals surface area contributed by atoms with E-state index in [1.807, 2.05) is 31.2 Å². The molecule has 1 heterocycles. The first kappa shape index (κ1) is 10.7. The number of nitrogens with one attached hydrogen (secondary N) is 1. The van der Waals surface area contributed by atoms with Gasteiger partial charge in [0.15, 0.2) is 0 Å². The Kier molecular flexibility index (Phi) is 2.94. The Morgan fingerprint density at radius 3 is 2.69 bits per heavy atom. The van der Waals surface area contributed by atoms with Crippen molar-refractivity contribution in [3.05, 3.63) is 48.3 Å². The van der Waals surface area contributed by atoms with Crippen LogP contribution in [0.15, 0.2) is 42.6 Å². The summed E-state index contributed by atoms with van der Waals surface area (Å²) in [6, 6.07) is 7.58. The highest BCUT2D eigenvalue weighted by Gasteiger charge is 2.12. The molecule has 16 heavy (non-hydrogen) atoms. The van der Waals surface area contributed by atoms with Gasteiger partial charge in [0, 0.05) is 0 Å². The van der Waals surface area contributed by atoms with Gasteiger partial charge >= 0.3 is 0 Å². The van der Waals surface area contributed by atoms with E-state index in [0.29, 0.717) is 0 Å². The number of hydrazine groups is 1. The van der Waals surface area contributed by atoms with Crippen molar-refractivity contribution in [2.75, 3.05) is 0 Å². The van der Waals surface area contributed by atoms with Crippen molar-refractivity contribution in [3.8, 4) is 0 Å². The predicted octanol–water partition coefficient (Wildman–Crippen LogP) is 1.71. The lowest BCUT2D eigenvalue weighted by Crippen LogP contribution is -2.29. The molecule has 0 fully saturated rings. The Morgan fingerprint density at radius 1 is 1.38 bits per heavy atom. The molecule has 0 aliphatic rings. The molecule has 4 heteroatoms. The number of nitrogens with zero attached hydrogens (tertiary/aromatic N) is 2. The van der Waals surface area contributed by atoms with Gasteiger partial charge in [-0.3, -0.25) is 10.8 Å². The molecule has 0 bridgehead atoms. The highest BCUT2D eigenvalue weighted by molar-refractivity contribution is 5.73. The third-order valence-electron chi connectivity index (χ3n) is 2.42. The van der Waals surface area contributed by atoms with Crippen LogP contribution >= 0.6 is 0 Å². The van der Waals surface area contributed by atoms with Crippen molar-refractivity contribution in [3.63, 3.8) is 0 Å². The molecule has 0 amide bonds. The van der Waals surface area contributed by atoms with Crippen LogP contribution in [0, 0.1) is 0 Å². The molecule has 0 saturated carbocycles. The lowest BCUT2D eigenvalue weighted by atomic mass is 10.1. The minimum Gasteiger partial charge on any atom is -0.271 e. The normalized spacial score (nSPS) is 12.6. The van der Waals surface area contributed by atoms with Crippen LogP contribution in [0.4, 0.5) is 0 Å². The van der Waals surface area contributed by atoms with Gasteiger partial charge in [-0.15, -0.1) is 0 Å². The first-order chi connectivity index (χ1) is 7.72. The van der Waals surface area contributed by atoms with E-state index in [1.165, 1.54) is 0 Å². The fraction of sp³-hybridized carbons (Fsp3) is 0.167. The number of hydrogen-bond acceptors (Lipinski definition) is 4. The number of nitrogens with two attached hydrogens (primary N) is 1. The Bertz CT molecular complexity index is 521. The van der Waals surface area contributed by atoms with Gasteiger partial charge in [0.25, 0.3) is 0 Å². The SMILES string of the molecule is C=C(C)C(NN)c1cnc2ccccc2n1. The van der Waals surface area contributed by atoms with Crippen LogP contribution in [-0.2, 0) is 0 Å². The molecule has 4 nitrogen and oxygen atoms in total. The second-order valence-electron chi connectivity index (χ2n) is 3.73.